The molecule has 4 heteroatoms. The van der Waals surface area contributed by atoms with Crippen molar-refractivity contribution in [3.63, 3.8) is 0 Å². The lowest BCUT2D eigenvalue weighted by Crippen LogP contribution is -2.54. The molecule has 2 aliphatic rings. The summed E-state index contributed by atoms with van der Waals surface area (Å²) >= 11 is 0. The average molecular weight is 281 g/mol. The zero-order valence-electron chi connectivity index (χ0n) is 13.2. The largest absolute Gasteiger partial charge is 0.340 e. The van der Waals surface area contributed by atoms with Gasteiger partial charge in [0.25, 0.3) is 0 Å². The van der Waals surface area contributed by atoms with Gasteiger partial charge in [-0.1, -0.05) is 26.2 Å². The molecule has 4 nitrogen and oxygen atoms in total. The molecule has 2 rings (SSSR count). The van der Waals surface area contributed by atoms with E-state index in [-0.39, 0.29) is 12.0 Å². The first-order valence-corrected chi connectivity index (χ1v) is 8.42. The van der Waals surface area contributed by atoms with Crippen molar-refractivity contribution in [1.82, 2.24) is 9.80 Å². The number of nitrogens with two attached hydrogens (primary N) is 1. The van der Waals surface area contributed by atoms with Crippen LogP contribution in [0.1, 0.15) is 52.4 Å². The fraction of sp³-hybridized carbons (Fsp3) is 0.938. The Hall–Kier alpha value is -0.610. The van der Waals surface area contributed by atoms with Crippen molar-refractivity contribution in [2.45, 2.75) is 64.5 Å². The van der Waals surface area contributed by atoms with Gasteiger partial charge in [-0.05, 0) is 26.2 Å². The number of piperazine rings is 1. The zero-order valence-corrected chi connectivity index (χ0v) is 13.2. The molecule has 0 aromatic rings. The molecular formula is C16H31N3O. The van der Waals surface area contributed by atoms with E-state index in [1.165, 1.54) is 19.3 Å². The molecule has 1 amide bonds. The van der Waals surface area contributed by atoms with Crippen LogP contribution in [-0.2, 0) is 4.79 Å². The Kier molecular flexibility index (Phi) is 5.85. The van der Waals surface area contributed by atoms with E-state index >= 15 is 0 Å². The Bertz CT molecular complexity index is 313. The van der Waals surface area contributed by atoms with Crippen LogP contribution in [0.2, 0.25) is 0 Å². The molecule has 2 N–H and O–H groups in total. The minimum absolute atomic E-state index is 0.0765. The first-order chi connectivity index (χ1) is 9.63. The van der Waals surface area contributed by atoms with E-state index in [1.807, 2.05) is 0 Å². The second kappa shape index (κ2) is 7.41. The number of carbonyl (C=O) groups excluding carboxylic acids is 1. The van der Waals surface area contributed by atoms with Gasteiger partial charge in [0.1, 0.15) is 0 Å². The van der Waals surface area contributed by atoms with Gasteiger partial charge in [-0.3, -0.25) is 9.69 Å². The lowest BCUT2D eigenvalue weighted by atomic mass is 9.93. The fourth-order valence-electron chi connectivity index (χ4n) is 3.52. The summed E-state index contributed by atoms with van der Waals surface area (Å²) in [6.45, 7) is 8.30. The summed E-state index contributed by atoms with van der Waals surface area (Å²) in [6.07, 6.45) is 6.78. The zero-order chi connectivity index (χ0) is 14.5. The molecule has 1 aliphatic heterocycles. The summed E-state index contributed by atoms with van der Waals surface area (Å²) in [5.41, 5.74) is 6.23. The molecule has 1 aliphatic carbocycles. The van der Waals surface area contributed by atoms with Gasteiger partial charge in [-0.2, -0.15) is 0 Å². The summed E-state index contributed by atoms with van der Waals surface area (Å²) in [5.74, 6) is 0.399. The number of hydrogen-bond acceptors (Lipinski definition) is 3. The van der Waals surface area contributed by atoms with Gasteiger partial charge < -0.3 is 10.6 Å². The van der Waals surface area contributed by atoms with Crippen molar-refractivity contribution >= 4 is 5.91 Å². The monoisotopic (exact) mass is 281 g/mol. The van der Waals surface area contributed by atoms with Crippen LogP contribution in [0.5, 0.6) is 0 Å². The van der Waals surface area contributed by atoms with Gasteiger partial charge in [0.15, 0.2) is 0 Å². The van der Waals surface area contributed by atoms with E-state index < -0.39 is 0 Å². The summed E-state index contributed by atoms with van der Waals surface area (Å²) in [4.78, 5) is 17.3. The Morgan fingerprint density at radius 3 is 2.45 bits per heavy atom. The Morgan fingerprint density at radius 1 is 1.15 bits per heavy atom. The number of nitrogens with zero attached hydrogens (tertiary/aromatic N) is 2. The third-order valence-corrected chi connectivity index (χ3v) is 5.23. The Labute approximate surface area is 123 Å². The number of rotatable bonds is 3. The van der Waals surface area contributed by atoms with Crippen molar-refractivity contribution in [2.75, 3.05) is 26.2 Å². The highest BCUT2D eigenvalue weighted by atomic mass is 16.2. The maximum absolute atomic E-state index is 12.7. The summed E-state index contributed by atoms with van der Waals surface area (Å²) in [7, 11) is 0. The Morgan fingerprint density at radius 2 is 1.80 bits per heavy atom. The molecule has 1 saturated carbocycles. The van der Waals surface area contributed by atoms with Crippen LogP contribution in [0, 0.1) is 5.92 Å². The van der Waals surface area contributed by atoms with Crippen LogP contribution in [-0.4, -0.2) is 54.0 Å². The van der Waals surface area contributed by atoms with E-state index in [9.17, 15) is 4.79 Å². The molecule has 2 fully saturated rings. The Balaban J connectivity index is 1.87. The molecule has 0 bridgehead atoms. The SMILES string of the molecule is CCC(C)N1CCN(C(=O)C2CCCCCC2N)CC1. The maximum atomic E-state index is 12.7. The molecule has 0 radical (unpaired) electrons. The second-order valence-electron chi connectivity index (χ2n) is 6.53. The molecule has 0 aromatic carbocycles. The maximum Gasteiger partial charge on any atom is 0.227 e. The van der Waals surface area contributed by atoms with Crippen molar-refractivity contribution in [2.24, 2.45) is 11.7 Å². The van der Waals surface area contributed by atoms with E-state index in [0.717, 1.165) is 45.4 Å². The highest BCUT2D eigenvalue weighted by Crippen LogP contribution is 2.24. The van der Waals surface area contributed by atoms with Crippen molar-refractivity contribution < 1.29 is 4.79 Å². The third kappa shape index (κ3) is 3.73. The highest BCUT2D eigenvalue weighted by molar-refractivity contribution is 5.79. The predicted molar refractivity (Wildman–Crippen MR) is 82.5 cm³/mol. The van der Waals surface area contributed by atoms with Crippen molar-refractivity contribution in [3.8, 4) is 0 Å². The lowest BCUT2D eigenvalue weighted by molar-refractivity contribution is -0.138. The molecule has 0 spiro atoms. The highest BCUT2D eigenvalue weighted by Gasteiger charge is 2.32. The molecule has 3 unspecified atom stereocenters. The molecule has 3 atom stereocenters. The molecule has 20 heavy (non-hydrogen) atoms. The molecule has 0 aromatic heterocycles. The van der Waals surface area contributed by atoms with Crippen molar-refractivity contribution in [1.29, 1.82) is 0 Å². The average Bonchev–Trinajstić information content (AvgIpc) is 2.70. The predicted octanol–water partition coefficient (Wildman–Crippen LogP) is 1.84. The van der Waals surface area contributed by atoms with Gasteiger partial charge in [-0.15, -0.1) is 0 Å². The van der Waals surface area contributed by atoms with Crippen molar-refractivity contribution in [3.05, 3.63) is 0 Å². The number of hydrogen-bond donors (Lipinski definition) is 1. The lowest BCUT2D eigenvalue weighted by Gasteiger charge is -2.39. The van der Waals surface area contributed by atoms with Gasteiger partial charge in [-0.25, -0.2) is 0 Å². The van der Waals surface area contributed by atoms with Crippen LogP contribution in [0.4, 0.5) is 0 Å². The smallest absolute Gasteiger partial charge is 0.227 e. The second-order valence-corrected chi connectivity index (χ2v) is 6.53. The number of amides is 1. The van der Waals surface area contributed by atoms with Gasteiger partial charge >= 0.3 is 0 Å². The third-order valence-electron chi connectivity index (χ3n) is 5.23. The number of carbonyl (C=O) groups is 1. The van der Waals surface area contributed by atoms with E-state index in [4.69, 9.17) is 5.73 Å². The van der Waals surface area contributed by atoms with E-state index in [1.54, 1.807) is 0 Å². The van der Waals surface area contributed by atoms with Crippen LogP contribution in [0.25, 0.3) is 0 Å². The summed E-state index contributed by atoms with van der Waals surface area (Å²) in [6, 6.07) is 0.713. The molecule has 116 valence electrons. The molecular weight excluding hydrogens is 250 g/mol. The first kappa shape index (κ1) is 15.8. The summed E-state index contributed by atoms with van der Waals surface area (Å²) in [5, 5.41) is 0. The van der Waals surface area contributed by atoms with Gasteiger partial charge in [0, 0.05) is 38.3 Å². The summed E-state index contributed by atoms with van der Waals surface area (Å²) < 4.78 is 0. The van der Waals surface area contributed by atoms with Gasteiger partial charge in [0.2, 0.25) is 5.91 Å². The normalized spacial score (nSPS) is 30.9. The molecule has 1 saturated heterocycles. The van der Waals surface area contributed by atoms with E-state index in [2.05, 4.69) is 23.6 Å². The quantitative estimate of drug-likeness (QED) is 0.803. The van der Waals surface area contributed by atoms with Crippen LogP contribution < -0.4 is 5.73 Å². The van der Waals surface area contributed by atoms with E-state index in [0.29, 0.717) is 11.9 Å². The first-order valence-electron chi connectivity index (χ1n) is 8.42. The van der Waals surface area contributed by atoms with Crippen LogP contribution in [0.3, 0.4) is 0 Å². The van der Waals surface area contributed by atoms with Gasteiger partial charge in [0.05, 0.1) is 5.92 Å². The van der Waals surface area contributed by atoms with Crippen LogP contribution in [0.15, 0.2) is 0 Å². The minimum atomic E-state index is 0.0765. The standard InChI is InChI=1S/C16H31N3O/c1-3-13(2)18-9-11-19(12-10-18)16(20)14-7-5-4-6-8-15(14)17/h13-15H,3-12,17H2,1-2H3. The fourth-order valence-corrected chi connectivity index (χ4v) is 3.52. The molecule has 1 heterocycles. The van der Waals surface area contributed by atoms with Crippen LogP contribution >= 0.6 is 0 Å². The topological polar surface area (TPSA) is 49.6 Å². The minimum Gasteiger partial charge on any atom is -0.340 e.